The molecule has 0 aromatic heterocycles. The molecule has 0 bridgehead atoms. The van der Waals surface area contributed by atoms with Crippen molar-refractivity contribution >= 4 is 5.97 Å². The maximum absolute atomic E-state index is 11.6. The summed E-state index contributed by atoms with van der Waals surface area (Å²) in [5.41, 5.74) is 0. The minimum atomic E-state index is -0.580. The van der Waals surface area contributed by atoms with Crippen molar-refractivity contribution in [1.29, 1.82) is 0 Å². The van der Waals surface area contributed by atoms with Crippen molar-refractivity contribution in [3.63, 3.8) is 0 Å². The van der Waals surface area contributed by atoms with Crippen LogP contribution in [0.3, 0.4) is 0 Å². The average Bonchev–Trinajstić information content (AvgIpc) is 3.12. The molecule has 102 valence electrons. The van der Waals surface area contributed by atoms with Gasteiger partial charge in [0, 0.05) is 12.1 Å². The Kier molecular flexibility index (Phi) is 3.35. The number of hydrogen-bond donors (Lipinski definition) is 1. The van der Waals surface area contributed by atoms with Crippen molar-refractivity contribution in [2.75, 3.05) is 0 Å². The van der Waals surface area contributed by atoms with Gasteiger partial charge in [-0.1, -0.05) is 19.8 Å². The number of carbonyl (C=O) groups is 1. The first-order chi connectivity index (χ1) is 8.72. The third-order valence-electron chi connectivity index (χ3n) is 5.39. The lowest BCUT2D eigenvalue weighted by Crippen LogP contribution is -2.49. The molecule has 1 aliphatic heterocycles. The van der Waals surface area contributed by atoms with Crippen LogP contribution in [0.2, 0.25) is 0 Å². The SMILES string of the molecule is CCC(C1CC1)N1C(C(=O)O)CC2CCCCC21. The molecule has 18 heavy (non-hydrogen) atoms. The Balaban J connectivity index is 1.83. The fourth-order valence-corrected chi connectivity index (χ4v) is 4.47. The number of carboxylic acid groups (broad SMARTS) is 1. The number of hydrogen-bond acceptors (Lipinski definition) is 2. The van der Waals surface area contributed by atoms with Gasteiger partial charge in [-0.05, 0) is 50.4 Å². The van der Waals surface area contributed by atoms with Crippen molar-refractivity contribution in [2.45, 2.75) is 76.4 Å². The number of rotatable bonds is 4. The molecular formula is C15H25NO2. The first-order valence-electron chi connectivity index (χ1n) is 7.72. The topological polar surface area (TPSA) is 40.5 Å². The summed E-state index contributed by atoms with van der Waals surface area (Å²) >= 11 is 0. The van der Waals surface area contributed by atoms with E-state index in [0.29, 0.717) is 18.0 Å². The standard InChI is InChI=1S/C15H25NO2/c1-2-12(10-7-8-10)16-13-6-4-3-5-11(13)9-14(16)15(17)18/h10-14H,2-9H2,1H3,(H,17,18). The van der Waals surface area contributed by atoms with Gasteiger partial charge in [0.1, 0.15) is 6.04 Å². The maximum Gasteiger partial charge on any atom is 0.320 e. The summed E-state index contributed by atoms with van der Waals surface area (Å²) < 4.78 is 0. The summed E-state index contributed by atoms with van der Waals surface area (Å²) in [6, 6.07) is 0.924. The van der Waals surface area contributed by atoms with Crippen molar-refractivity contribution in [1.82, 2.24) is 4.90 Å². The molecule has 2 aliphatic carbocycles. The number of likely N-dealkylation sites (tertiary alicyclic amines) is 1. The second-order valence-corrected chi connectivity index (χ2v) is 6.46. The molecule has 4 unspecified atom stereocenters. The zero-order chi connectivity index (χ0) is 12.7. The molecule has 3 aliphatic rings. The van der Waals surface area contributed by atoms with Gasteiger partial charge in [0.05, 0.1) is 0 Å². The number of fused-ring (bicyclic) bond motifs is 1. The van der Waals surface area contributed by atoms with E-state index >= 15 is 0 Å². The Morgan fingerprint density at radius 3 is 2.61 bits per heavy atom. The van der Waals surface area contributed by atoms with Gasteiger partial charge in [-0.15, -0.1) is 0 Å². The second-order valence-electron chi connectivity index (χ2n) is 6.46. The van der Waals surface area contributed by atoms with E-state index in [-0.39, 0.29) is 6.04 Å². The van der Waals surface area contributed by atoms with Crippen molar-refractivity contribution < 1.29 is 9.90 Å². The highest BCUT2D eigenvalue weighted by Crippen LogP contribution is 2.46. The molecule has 1 heterocycles. The fourth-order valence-electron chi connectivity index (χ4n) is 4.47. The first kappa shape index (κ1) is 12.5. The van der Waals surface area contributed by atoms with Gasteiger partial charge in [-0.3, -0.25) is 9.69 Å². The first-order valence-corrected chi connectivity index (χ1v) is 7.72. The molecule has 0 spiro atoms. The van der Waals surface area contributed by atoms with Gasteiger partial charge in [0.15, 0.2) is 0 Å². The minimum Gasteiger partial charge on any atom is -0.480 e. The summed E-state index contributed by atoms with van der Waals surface area (Å²) in [5, 5.41) is 9.54. The second kappa shape index (κ2) is 4.84. The van der Waals surface area contributed by atoms with Crippen LogP contribution in [0.4, 0.5) is 0 Å². The molecule has 3 nitrogen and oxygen atoms in total. The number of aliphatic carboxylic acids is 1. The number of nitrogens with zero attached hydrogens (tertiary/aromatic N) is 1. The summed E-state index contributed by atoms with van der Waals surface area (Å²) in [6.07, 6.45) is 9.76. The highest BCUT2D eigenvalue weighted by Gasteiger charge is 2.50. The summed E-state index contributed by atoms with van der Waals surface area (Å²) in [7, 11) is 0. The molecule has 3 heteroatoms. The highest BCUT2D eigenvalue weighted by molar-refractivity contribution is 5.74. The van der Waals surface area contributed by atoms with E-state index in [1.807, 2.05) is 0 Å². The van der Waals surface area contributed by atoms with E-state index in [9.17, 15) is 9.90 Å². The van der Waals surface area contributed by atoms with Gasteiger partial charge in [0.2, 0.25) is 0 Å². The monoisotopic (exact) mass is 251 g/mol. The largest absolute Gasteiger partial charge is 0.480 e. The van der Waals surface area contributed by atoms with Gasteiger partial charge < -0.3 is 5.11 Å². The Labute approximate surface area is 110 Å². The predicted octanol–water partition coefficient (Wildman–Crippen LogP) is 2.89. The molecule has 3 fully saturated rings. The van der Waals surface area contributed by atoms with Gasteiger partial charge >= 0.3 is 5.97 Å². The average molecular weight is 251 g/mol. The highest BCUT2D eigenvalue weighted by atomic mass is 16.4. The lowest BCUT2D eigenvalue weighted by atomic mass is 9.84. The van der Waals surface area contributed by atoms with E-state index in [2.05, 4.69) is 11.8 Å². The minimum absolute atomic E-state index is 0.191. The van der Waals surface area contributed by atoms with E-state index in [0.717, 1.165) is 18.8 Å². The molecule has 4 atom stereocenters. The molecule has 0 amide bonds. The maximum atomic E-state index is 11.6. The van der Waals surface area contributed by atoms with Gasteiger partial charge in [0.25, 0.3) is 0 Å². The third-order valence-corrected chi connectivity index (χ3v) is 5.39. The van der Waals surface area contributed by atoms with Crippen molar-refractivity contribution in [3.05, 3.63) is 0 Å². The van der Waals surface area contributed by atoms with E-state index in [1.54, 1.807) is 0 Å². The fraction of sp³-hybridized carbons (Fsp3) is 0.933. The number of carboxylic acids is 1. The normalized spacial score (nSPS) is 38.4. The zero-order valence-electron chi connectivity index (χ0n) is 11.3. The van der Waals surface area contributed by atoms with Crippen LogP contribution in [0.15, 0.2) is 0 Å². The Morgan fingerprint density at radius 2 is 2.00 bits per heavy atom. The lowest BCUT2D eigenvalue weighted by molar-refractivity contribution is -0.144. The van der Waals surface area contributed by atoms with Crippen LogP contribution in [-0.2, 0) is 4.79 Å². The van der Waals surface area contributed by atoms with Gasteiger partial charge in [-0.25, -0.2) is 0 Å². The predicted molar refractivity (Wildman–Crippen MR) is 70.4 cm³/mol. The molecule has 0 aromatic carbocycles. The molecule has 2 saturated carbocycles. The lowest BCUT2D eigenvalue weighted by Gasteiger charge is -2.38. The van der Waals surface area contributed by atoms with Crippen molar-refractivity contribution in [3.8, 4) is 0 Å². The smallest absolute Gasteiger partial charge is 0.320 e. The van der Waals surface area contributed by atoms with Crippen LogP contribution in [0.25, 0.3) is 0 Å². The molecule has 0 radical (unpaired) electrons. The molecular weight excluding hydrogens is 226 g/mol. The van der Waals surface area contributed by atoms with Crippen LogP contribution in [0, 0.1) is 11.8 Å². The van der Waals surface area contributed by atoms with Crippen LogP contribution in [-0.4, -0.2) is 34.1 Å². The third kappa shape index (κ3) is 2.07. The molecule has 0 aromatic rings. The van der Waals surface area contributed by atoms with Crippen LogP contribution < -0.4 is 0 Å². The van der Waals surface area contributed by atoms with Crippen LogP contribution in [0.1, 0.15) is 58.3 Å². The van der Waals surface area contributed by atoms with Crippen molar-refractivity contribution in [2.24, 2.45) is 11.8 Å². The van der Waals surface area contributed by atoms with Gasteiger partial charge in [-0.2, -0.15) is 0 Å². The van der Waals surface area contributed by atoms with Crippen LogP contribution >= 0.6 is 0 Å². The molecule has 3 rings (SSSR count). The quantitative estimate of drug-likeness (QED) is 0.835. The van der Waals surface area contributed by atoms with E-state index in [4.69, 9.17) is 0 Å². The Morgan fingerprint density at radius 1 is 1.28 bits per heavy atom. The summed E-state index contributed by atoms with van der Waals surface area (Å²) in [6.45, 7) is 2.23. The summed E-state index contributed by atoms with van der Waals surface area (Å²) in [5.74, 6) is 0.869. The van der Waals surface area contributed by atoms with E-state index in [1.165, 1.54) is 38.5 Å². The Hall–Kier alpha value is -0.570. The van der Waals surface area contributed by atoms with Crippen LogP contribution in [0.5, 0.6) is 0 Å². The van der Waals surface area contributed by atoms with E-state index < -0.39 is 5.97 Å². The molecule has 1 N–H and O–H groups in total. The Bertz CT molecular complexity index is 326. The molecule has 1 saturated heterocycles. The zero-order valence-corrected chi connectivity index (χ0v) is 11.3. The summed E-state index contributed by atoms with van der Waals surface area (Å²) in [4.78, 5) is 14.0.